The molecule has 1 N–H and O–H groups in total. The molecule has 2 heterocycles. The molecule has 1 spiro atoms. The number of aromatic nitrogens is 4. The first-order valence-corrected chi connectivity index (χ1v) is 11.2. The Morgan fingerprint density at radius 1 is 1.09 bits per heavy atom. The van der Waals surface area contributed by atoms with Crippen molar-refractivity contribution >= 4 is 29.2 Å². The zero-order valence-corrected chi connectivity index (χ0v) is 18.7. The molecule has 0 unspecified atom stereocenters. The molecular formula is C24H24N6O4. The summed E-state index contributed by atoms with van der Waals surface area (Å²) in [5.74, 6) is -0.914. The molecule has 2 aliphatic rings. The summed E-state index contributed by atoms with van der Waals surface area (Å²) < 4.78 is 5.25. The Hall–Kier alpha value is -4.08. The van der Waals surface area contributed by atoms with E-state index in [-0.39, 0.29) is 12.5 Å². The maximum atomic E-state index is 13.3. The maximum Gasteiger partial charge on any atom is 0.330 e. The molecule has 2 aromatic carbocycles. The Morgan fingerprint density at radius 3 is 2.59 bits per heavy atom. The van der Waals surface area contributed by atoms with E-state index in [1.807, 2.05) is 37.3 Å². The number of hydrogen-bond donors (Lipinski definition) is 1. The summed E-state index contributed by atoms with van der Waals surface area (Å²) in [5, 5.41) is 15.0. The highest BCUT2D eigenvalue weighted by Gasteiger charge is 2.52. The zero-order valence-electron chi connectivity index (χ0n) is 18.7. The Bertz CT molecular complexity index is 1250. The summed E-state index contributed by atoms with van der Waals surface area (Å²) >= 11 is 0. The van der Waals surface area contributed by atoms with Crippen molar-refractivity contribution in [2.75, 3.05) is 16.8 Å². The molecule has 1 fully saturated rings. The SMILES string of the molecule is Cc1ccc(-c2nnn(CC(=O)OCC(=O)N3c4ccccc4NC(=O)C34CCCC4)n2)cc1. The number of nitrogens with one attached hydrogen (secondary N) is 1. The molecule has 2 amide bonds. The number of anilines is 2. The predicted molar refractivity (Wildman–Crippen MR) is 123 cm³/mol. The lowest BCUT2D eigenvalue weighted by Crippen LogP contribution is -2.61. The molecule has 3 aromatic rings. The summed E-state index contributed by atoms with van der Waals surface area (Å²) in [5.41, 5.74) is 2.13. The van der Waals surface area contributed by atoms with Crippen LogP contribution >= 0.6 is 0 Å². The van der Waals surface area contributed by atoms with Gasteiger partial charge in [0.15, 0.2) is 13.2 Å². The van der Waals surface area contributed by atoms with Crippen LogP contribution in [0.3, 0.4) is 0 Å². The smallest absolute Gasteiger partial charge is 0.330 e. The Kier molecular flexibility index (Phi) is 5.56. The summed E-state index contributed by atoms with van der Waals surface area (Å²) in [4.78, 5) is 41.3. The number of aryl methyl sites for hydroxylation is 1. The first kappa shape index (κ1) is 21.7. The molecule has 0 atom stereocenters. The number of esters is 1. The van der Waals surface area contributed by atoms with E-state index in [1.54, 1.807) is 18.2 Å². The molecular weight excluding hydrogens is 436 g/mol. The van der Waals surface area contributed by atoms with Crippen LogP contribution in [0, 0.1) is 6.92 Å². The molecule has 1 aliphatic carbocycles. The van der Waals surface area contributed by atoms with Gasteiger partial charge in [-0.25, -0.2) is 4.79 Å². The van der Waals surface area contributed by atoms with Crippen molar-refractivity contribution in [2.24, 2.45) is 0 Å². The average Bonchev–Trinajstić information content (AvgIpc) is 3.50. The van der Waals surface area contributed by atoms with E-state index in [4.69, 9.17) is 4.74 Å². The highest BCUT2D eigenvalue weighted by Crippen LogP contribution is 2.45. The van der Waals surface area contributed by atoms with Crippen LogP contribution in [0.1, 0.15) is 31.2 Å². The topological polar surface area (TPSA) is 119 Å². The second-order valence-electron chi connectivity index (χ2n) is 8.61. The monoisotopic (exact) mass is 460 g/mol. The number of rotatable bonds is 5. The van der Waals surface area contributed by atoms with E-state index in [0.717, 1.165) is 28.8 Å². The minimum atomic E-state index is -0.950. The zero-order chi connectivity index (χ0) is 23.7. The molecule has 34 heavy (non-hydrogen) atoms. The largest absolute Gasteiger partial charge is 0.454 e. The lowest BCUT2D eigenvalue weighted by Gasteiger charge is -2.44. The van der Waals surface area contributed by atoms with Crippen LogP contribution in [0.2, 0.25) is 0 Å². The van der Waals surface area contributed by atoms with Crippen LogP contribution in [0.25, 0.3) is 11.4 Å². The number of benzene rings is 2. The third-order valence-electron chi connectivity index (χ3n) is 6.31. The summed E-state index contributed by atoms with van der Waals surface area (Å²) in [6.45, 7) is 1.21. The predicted octanol–water partition coefficient (Wildman–Crippen LogP) is 2.49. The van der Waals surface area contributed by atoms with Gasteiger partial charge in [0.25, 0.3) is 11.8 Å². The van der Waals surface area contributed by atoms with Gasteiger partial charge in [0.2, 0.25) is 5.82 Å². The fourth-order valence-corrected chi connectivity index (χ4v) is 4.63. The maximum absolute atomic E-state index is 13.3. The molecule has 0 saturated heterocycles. The number of fused-ring (bicyclic) bond motifs is 1. The third-order valence-corrected chi connectivity index (χ3v) is 6.31. The van der Waals surface area contributed by atoms with Gasteiger partial charge in [-0.05, 0) is 37.1 Å². The highest BCUT2D eigenvalue weighted by molar-refractivity contribution is 6.15. The molecule has 1 aliphatic heterocycles. The number of carbonyl (C=O) groups is 3. The van der Waals surface area contributed by atoms with Crippen molar-refractivity contribution in [1.29, 1.82) is 0 Å². The van der Waals surface area contributed by atoms with Crippen LogP contribution < -0.4 is 10.2 Å². The number of carbonyl (C=O) groups excluding carboxylic acids is 3. The molecule has 10 nitrogen and oxygen atoms in total. The van der Waals surface area contributed by atoms with Gasteiger partial charge in [-0.3, -0.25) is 14.5 Å². The number of nitrogens with zero attached hydrogens (tertiary/aromatic N) is 5. The highest BCUT2D eigenvalue weighted by atomic mass is 16.5. The molecule has 0 bridgehead atoms. The quantitative estimate of drug-likeness (QED) is 0.581. The lowest BCUT2D eigenvalue weighted by atomic mass is 9.90. The van der Waals surface area contributed by atoms with Crippen LogP contribution in [0.5, 0.6) is 0 Å². The number of tetrazole rings is 1. The number of ether oxygens (including phenoxy) is 1. The van der Waals surface area contributed by atoms with Crippen LogP contribution in [0.4, 0.5) is 11.4 Å². The molecule has 5 rings (SSSR count). The van der Waals surface area contributed by atoms with E-state index >= 15 is 0 Å². The van der Waals surface area contributed by atoms with Gasteiger partial charge < -0.3 is 10.1 Å². The molecule has 0 radical (unpaired) electrons. The normalized spacial score (nSPS) is 16.3. The lowest BCUT2D eigenvalue weighted by molar-refractivity contribution is -0.149. The number of amides is 2. The van der Waals surface area contributed by atoms with Crippen molar-refractivity contribution in [3.8, 4) is 11.4 Å². The van der Waals surface area contributed by atoms with E-state index in [2.05, 4.69) is 20.7 Å². The van der Waals surface area contributed by atoms with Crippen molar-refractivity contribution in [2.45, 2.75) is 44.7 Å². The summed E-state index contributed by atoms with van der Waals surface area (Å²) in [7, 11) is 0. The number of hydrogen-bond acceptors (Lipinski definition) is 7. The third kappa shape index (κ3) is 3.91. The standard InChI is InChI=1S/C24H24N6O4/c1-16-8-10-17(11-9-16)22-26-28-29(27-22)14-21(32)34-15-20(31)30-19-7-3-2-6-18(19)25-23(33)24(30)12-4-5-13-24/h2-3,6-11H,4-5,12-15H2,1H3,(H,25,33). The van der Waals surface area contributed by atoms with Gasteiger partial charge >= 0.3 is 5.97 Å². The van der Waals surface area contributed by atoms with Gasteiger partial charge in [-0.2, -0.15) is 4.80 Å². The minimum absolute atomic E-state index is 0.196. The van der Waals surface area contributed by atoms with Gasteiger partial charge in [0.05, 0.1) is 11.4 Å². The van der Waals surface area contributed by atoms with Gasteiger partial charge in [-0.1, -0.05) is 54.8 Å². The summed E-state index contributed by atoms with van der Waals surface area (Å²) in [6.07, 6.45) is 2.83. The fraction of sp³-hybridized carbons (Fsp3) is 0.333. The number of para-hydroxylation sites is 2. The van der Waals surface area contributed by atoms with Gasteiger partial charge in [0.1, 0.15) is 5.54 Å². The van der Waals surface area contributed by atoms with E-state index in [0.29, 0.717) is 30.0 Å². The summed E-state index contributed by atoms with van der Waals surface area (Å²) in [6, 6.07) is 14.8. The van der Waals surface area contributed by atoms with Crippen LogP contribution in [-0.2, 0) is 25.7 Å². The Balaban J connectivity index is 1.27. The van der Waals surface area contributed by atoms with Gasteiger partial charge in [-0.15, -0.1) is 10.2 Å². The van der Waals surface area contributed by atoms with E-state index in [9.17, 15) is 14.4 Å². The van der Waals surface area contributed by atoms with Crippen LogP contribution in [0.15, 0.2) is 48.5 Å². The first-order chi connectivity index (χ1) is 16.5. The van der Waals surface area contributed by atoms with Crippen molar-refractivity contribution < 1.29 is 19.1 Å². The molecule has 10 heteroatoms. The molecule has 174 valence electrons. The van der Waals surface area contributed by atoms with Gasteiger partial charge in [0, 0.05) is 5.56 Å². The Labute approximate surface area is 195 Å². The Morgan fingerprint density at radius 2 is 1.82 bits per heavy atom. The molecule has 1 aromatic heterocycles. The van der Waals surface area contributed by atoms with E-state index < -0.39 is 24.0 Å². The van der Waals surface area contributed by atoms with Crippen molar-refractivity contribution in [3.63, 3.8) is 0 Å². The van der Waals surface area contributed by atoms with Crippen molar-refractivity contribution in [1.82, 2.24) is 20.2 Å². The fourth-order valence-electron chi connectivity index (χ4n) is 4.63. The van der Waals surface area contributed by atoms with Crippen molar-refractivity contribution in [3.05, 3.63) is 54.1 Å². The minimum Gasteiger partial charge on any atom is -0.454 e. The second kappa shape index (κ2) is 8.69. The average molecular weight is 460 g/mol. The second-order valence-corrected chi connectivity index (χ2v) is 8.61. The van der Waals surface area contributed by atoms with E-state index in [1.165, 1.54) is 4.90 Å². The molecule has 1 saturated carbocycles. The van der Waals surface area contributed by atoms with Crippen LogP contribution in [-0.4, -0.2) is 50.1 Å². The first-order valence-electron chi connectivity index (χ1n) is 11.2.